The molecule has 2 aromatic rings. The van der Waals surface area contributed by atoms with Crippen LogP contribution in [0.5, 0.6) is 11.5 Å². The molecule has 1 heterocycles. The molecule has 33 heavy (non-hydrogen) atoms. The third-order valence-electron chi connectivity index (χ3n) is 4.48. The van der Waals surface area contributed by atoms with E-state index in [1.54, 1.807) is 48.5 Å². The van der Waals surface area contributed by atoms with Gasteiger partial charge in [0.25, 0.3) is 11.1 Å². The first-order chi connectivity index (χ1) is 15.9. The van der Waals surface area contributed by atoms with Gasteiger partial charge in [-0.1, -0.05) is 17.7 Å². The number of carbonyl (C=O) groups excluding carboxylic acids is 3. The van der Waals surface area contributed by atoms with Gasteiger partial charge in [0.2, 0.25) is 5.91 Å². The van der Waals surface area contributed by atoms with E-state index in [9.17, 15) is 14.4 Å². The summed E-state index contributed by atoms with van der Waals surface area (Å²) in [5.41, 5.74) is 1.14. The maximum absolute atomic E-state index is 12.7. The van der Waals surface area contributed by atoms with Crippen LogP contribution < -0.4 is 14.8 Å². The number of thioether (sulfide) groups is 1. The second kappa shape index (κ2) is 11.4. The minimum atomic E-state index is -0.549. The van der Waals surface area contributed by atoms with Crippen molar-refractivity contribution < 1.29 is 23.9 Å². The van der Waals surface area contributed by atoms with Crippen LogP contribution in [0, 0.1) is 11.3 Å². The Kier molecular flexibility index (Phi) is 8.35. The van der Waals surface area contributed by atoms with E-state index >= 15 is 0 Å². The van der Waals surface area contributed by atoms with Gasteiger partial charge in [0.15, 0.2) is 11.5 Å². The first kappa shape index (κ1) is 24.2. The van der Waals surface area contributed by atoms with Crippen molar-refractivity contribution in [1.29, 1.82) is 5.26 Å². The highest BCUT2D eigenvalue weighted by Gasteiger charge is 2.36. The zero-order chi connectivity index (χ0) is 23.8. The number of nitrogens with one attached hydrogen (secondary N) is 1. The molecule has 0 atom stereocenters. The van der Waals surface area contributed by atoms with Gasteiger partial charge < -0.3 is 14.8 Å². The Bertz CT molecular complexity index is 1130. The summed E-state index contributed by atoms with van der Waals surface area (Å²) in [6.45, 7) is -0.0241. The van der Waals surface area contributed by atoms with Crippen molar-refractivity contribution in [2.24, 2.45) is 0 Å². The van der Waals surface area contributed by atoms with Crippen LogP contribution in [0.2, 0.25) is 5.02 Å². The van der Waals surface area contributed by atoms with Gasteiger partial charge in [0, 0.05) is 17.1 Å². The summed E-state index contributed by atoms with van der Waals surface area (Å²) in [6.07, 6.45) is 2.55. The third-order valence-corrected chi connectivity index (χ3v) is 5.64. The molecule has 0 aromatic heterocycles. The molecule has 170 valence electrons. The van der Waals surface area contributed by atoms with E-state index in [4.69, 9.17) is 26.3 Å². The summed E-state index contributed by atoms with van der Waals surface area (Å²) in [5, 5.41) is 11.2. The van der Waals surface area contributed by atoms with Crippen molar-refractivity contribution in [3.05, 3.63) is 58.0 Å². The lowest BCUT2D eigenvalue weighted by Crippen LogP contribution is -2.36. The smallest absolute Gasteiger partial charge is 0.294 e. The van der Waals surface area contributed by atoms with Crippen LogP contribution in [-0.2, 0) is 9.59 Å². The minimum absolute atomic E-state index is 0.198. The molecule has 8 nitrogen and oxygen atoms in total. The molecule has 1 aliphatic rings. The van der Waals surface area contributed by atoms with Crippen LogP contribution in [-0.4, -0.2) is 42.2 Å². The first-order valence-electron chi connectivity index (χ1n) is 9.90. The number of anilines is 1. The number of carbonyl (C=O) groups is 3. The highest BCUT2D eigenvalue weighted by atomic mass is 35.5. The van der Waals surface area contributed by atoms with E-state index in [0.717, 1.165) is 16.7 Å². The number of unbranched alkanes of at least 4 members (excludes halogenated alkanes) is 1. The Labute approximate surface area is 200 Å². The lowest BCUT2D eigenvalue weighted by Gasteiger charge is -2.12. The average Bonchev–Trinajstić information content (AvgIpc) is 3.06. The molecule has 0 unspecified atom stereocenters. The van der Waals surface area contributed by atoms with E-state index in [0.29, 0.717) is 47.2 Å². The highest BCUT2D eigenvalue weighted by molar-refractivity contribution is 8.18. The number of halogens is 1. The molecule has 0 radical (unpaired) electrons. The molecule has 10 heteroatoms. The quantitative estimate of drug-likeness (QED) is 0.404. The maximum Gasteiger partial charge on any atom is 0.294 e. The molecule has 1 fully saturated rings. The van der Waals surface area contributed by atoms with Crippen LogP contribution in [0.15, 0.2) is 47.4 Å². The van der Waals surface area contributed by atoms with Crippen molar-refractivity contribution in [3.63, 3.8) is 0 Å². The van der Waals surface area contributed by atoms with E-state index in [-0.39, 0.29) is 4.91 Å². The average molecular weight is 486 g/mol. The van der Waals surface area contributed by atoms with Gasteiger partial charge in [-0.15, -0.1) is 0 Å². The molecule has 1 aliphatic heterocycles. The molecule has 0 saturated carbocycles. The molecule has 0 aliphatic carbocycles. The van der Waals surface area contributed by atoms with Crippen LogP contribution in [0.25, 0.3) is 6.08 Å². The van der Waals surface area contributed by atoms with Gasteiger partial charge in [0.05, 0.1) is 24.7 Å². The fraction of sp³-hybridized carbons (Fsp3) is 0.217. The Balaban J connectivity index is 1.66. The number of rotatable bonds is 9. The molecular weight excluding hydrogens is 466 g/mol. The monoisotopic (exact) mass is 485 g/mol. The standard InChI is InChI=1S/C23H20ClN3O5S/c1-31-19-12-15(4-9-18(19)32-11-3-2-10-25)13-20-22(29)27(23(30)33-20)14-21(28)26-17-7-5-16(24)6-8-17/h4-9,12-13H,2-3,11,14H2,1H3,(H,26,28)/b20-13+. The summed E-state index contributed by atoms with van der Waals surface area (Å²) in [7, 11) is 1.49. The number of hydrogen-bond acceptors (Lipinski definition) is 7. The molecule has 3 rings (SSSR count). The fourth-order valence-corrected chi connectivity index (χ4v) is 3.86. The molecule has 2 aromatic carbocycles. The Morgan fingerprint density at radius 3 is 2.67 bits per heavy atom. The summed E-state index contributed by atoms with van der Waals surface area (Å²) in [6, 6.07) is 13.6. The van der Waals surface area contributed by atoms with Gasteiger partial charge >= 0.3 is 0 Å². The summed E-state index contributed by atoms with van der Waals surface area (Å²) in [4.78, 5) is 38.4. The lowest BCUT2D eigenvalue weighted by atomic mass is 10.2. The molecule has 0 spiro atoms. The molecule has 3 amide bonds. The Morgan fingerprint density at radius 2 is 1.97 bits per heavy atom. The van der Waals surface area contributed by atoms with Gasteiger partial charge in [-0.25, -0.2) is 0 Å². The Morgan fingerprint density at radius 1 is 1.21 bits per heavy atom. The van der Waals surface area contributed by atoms with Gasteiger partial charge in [0.1, 0.15) is 6.54 Å². The predicted octanol–water partition coefficient (Wildman–Crippen LogP) is 4.71. The van der Waals surface area contributed by atoms with Crippen LogP contribution >= 0.6 is 23.4 Å². The van der Waals surface area contributed by atoms with Crippen molar-refractivity contribution in [2.75, 3.05) is 25.6 Å². The fourth-order valence-electron chi connectivity index (χ4n) is 2.89. The summed E-state index contributed by atoms with van der Waals surface area (Å²) < 4.78 is 11.0. The normalized spacial score (nSPS) is 14.3. The van der Waals surface area contributed by atoms with Crippen molar-refractivity contribution in [1.82, 2.24) is 4.90 Å². The van der Waals surface area contributed by atoms with Crippen LogP contribution in [0.4, 0.5) is 10.5 Å². The number of nitriles is 1. The van der Waals surface area contributed by atoms with Gasteiger partial charge in [-0.3, -0.25) is 19.3 Å². The van der Waals surface area contributed by atoms with E-state index in [1.807, 2.05) is 0 Å². The topological polar surface area (TPSA) is 109 Å². The minimum Gasteiger partial charge on any atom is -0.493 e. The zero-order valence-electron chi connectivity index (χ0n) is 17.7. The molecule has 1 N–H and O–H groups in total. The van der Waals surface area contributed by atoms with Crippen LogP contribution in [0.1, 0.15) is 18.4 Å². The van der Waals surface area contributed by atoms with E-state index in [1.165, 1.54) is 7.11 Å². The second-order valence-electron chi connectivity index (χ2n) is 6.84. The Hall–Kier alpha value is -3.48. The third kappa shape index (κ3) is 6.51. The molecule has 0 bridgehead atoms. The number of methoxy groups -OCH3 is 1. The largest absolute Gasteiger partial charge is 0.493 e. The predicted molar refractivity (Wildman–Crippen MR) is 126 cm³/mol. The van der Waals surface area contributed by atoms with E-state index < -0.39 is 23.6 Å². The number of nitrogens with zero attached hydrogens (tertiary/aromatic N) is 2. The SMILES string of the molecule is COc1cc(/C=C2/SC(=O)N(CC(=O)Nc3ccc(Cl)cc3)C2=O)ccc1OCCCC#N. The first-order valence-corrected chi connectivity index (χ1v) is 11.1. The van der Waals surface area contributed by atoms with Crippen molar-refractivity contribution in [2.45, 2.75) is 12.8 Å². The van der Waals surface area contributed by atoms with Gasteiger partial charge in [-0.05, 0) is 66.2 Å². The highest BCUT2D eigenvalue weighted by Crippen LogP contribution is 2.34. The number of hydrogen-bond donors (Lipinski definition) is 1. The second-order valence-corrected chi connectivity index (χ2v) is 8.27. The maximum atomic E-state index is 12.7. The van der Waals surface area contributed by atoms with Crippen LogP contribution in [0.3, 0.4) is 0 Å². The molecule has 1 saturated heterocycles. The lowest BCUT2D eigenvalue weighted by molar-refractivity contribution is -0.127. The zero-order valence-corrected chi connectivity index (χ0v) is 19.2. The van der Waals surface area contributed by atoms with Gasteiger partial charge in [-0.2, -0.15) is 5.26 Å². The van der Waals surface area contributed by atoms with Crippen molar-refractivity contribution in [3.8, 4) is 17.6 Å². The number of benzene rings is 2. The number of amides is 3. The summed E-state index contributed by atoms with van der Waals surface area (Å²) in [5.74, 6) is -0.0747. The number of ether oxygens (including phenoxy) is 2. The number of imide groups is 1. The van der Waals surface area contributed by atoms with E-state index in [2.05, 4.69) is 11.4 Å². The summed E-state index contributed by atoms with van der Waals surface area (Å²) >= 11 is 6.59. The van der Waals surface area contributed by atoms with Crippen molar-refractivity contribution >= 4 is 52.2 Å². The molecular formula is C23H20ClN3O5S.